The molecule has 3 aromatic rings. The van der Waals surface area contributed by atoms with E-state index >= 15 is 0 Å². The lowest BCUT2D eigenvalue weighted by atomic mass is 9.93. The molecular formula is C20H15ClF4N4O3. The maximum Gasteiger partial charge on any atom is 0.417 e. The first kappa shape index (κ1) is 22.0. The van der Waals surface area contributed by atoms with Gasteiger partial charge in [0.15, 0.2) is 5.82 Å². The molecule has 0 amide bonds. The Morgan fingerprint density at radius 2 is 1.81 bits per heavy atom. The number of hydrogen-bond acceptors (Lipinski definition) is 5. The van der Waals surface area contributed by atoms with Crippen molar-refractivity contribution in [3.63, 3.8) is 0 Å². The van der Waals surface area contributed by atoms with E-state index in [-0.39, 0.29) is 47.8 Å². The van der Waals surface area contributed by atoms with Gasteiger partial charge in [-0.05, 0) is 24.3 Å². The predicted octanol–water partition coefficient (Wildman–Crippen LogP) is 4.19. The molecule has 1 aliphatic heterocycles. The Balaban J connectivity index is 1.79. The van der Waals surface area contributed by atoms with Crippen molar-refractivity contribution in [1.29, 1.82) is 0 Å². The van der Waals surface area contributed by atoms with Crippen molar-refractivity contribution >= 4 is 40.3 Å². The Kier molecular flexibility index (Phi) is 5.32. The zero-order chi connectivity index (χ0) is 23.3. The van der Waals surface area contributed by atoms with Crippen LogP contribution in [0.3, 0.4) is 0 Å². The molecular weight excluding hydrogens is 456 g/mol. The van der Waals surface area contributed by atoms with Crippen LogP contribution in [0, 0.1) is 0 Å². The normalized spacial score (nSPS) is 16.3. The molecule has 12 heteroatoms. The number of carbonyl (C=O) groups is 2. The monoisotopic (exact) mass is 470 g/mol. The highest BCUT2D eigenvalue weighted by molar-refractivity contribution is 6.34. The van der Waals surface area contributed by atoms with Crippen molar-refractivity contribution < 1.29 is 32.3 Å². The van der Waals surface area contributed by atoms with Crippen molar-refractivity contribution in [3.8, 4) is 0 Å². The van der Waals surface area contributed by atoms with Crippen molar-refractivity contribution in [2.24, 2.45) is 0 Å². The van der Waals surface area contributed by atoms with Crippen molar-refractivity contribution in [1.82, 2.24) is 14.8 Å². The topological polar surface area (TPSA) is 88.3 Å². The van der Waals surface area contributed by atoms with E-state index in [2.05, 4.69) is 10.1 Å². The number of carboxylic acid groups (broad SMARTS) is 1. The van der Waals surface area contributed by atoms with Gasteiger partial charge in [-0.3, -0.25) is 9.78 Å². The van der Waals surface area contributed by atoms with E-state index < -0.39 is 34.8 Å². The number of piperidine rings is 1. The molecule has 7 nitrogen and oxygen atoms in total. The first-order chi connectivity index (χ1) is 15.0. The van der Waals surface area contributed by atoms with Gasteiger partial charge in [0.2, 0.25) is 5.67 Å². The van der Waals surface area contributed by atoms with Crippen molar-refractivity contribution in [2.45, 2.75) is 24.7 Å². The van der Waals surface area contributed by atoms with Crippen molar-refractivity contribution in [2.75, 3.05) is 18.0 Å². The van der Waals surface area contributed by atoms with Gasteiger partial charge >= 0.3 is 12.1 Å². The Morgan fingerprint density at radius 3 is 2.44 bits per heavy atom. The molecule has 4 rings (SSSR count). The maximum atomic E-state index is 14.4. The number of carbonyl (C=O) groups excluding carboxylic acids is 1. The quantitative estimate of drug-likeness (QED) is 0.578. The molecule has 0 radical (unpaired) electrons. The molecule has 0 spiro atoms. The summed E-state index contributed by atoms with van der Waals surface area (Å²) in [6.45, 7) is -0.0564. The molecule has 1 aliphatic rings. The summed E-state index contributed by atoms with van der Waals surface area (Å²) in [7, 11) is 0. The summed E-state index contributed by atoms with van der Waals surface area (Å²) in [4.78, 5) is 30.0. The van der Waals surface area contributed by atoms with Crippen LogP contribution in [0.5, 0.6) is 0 Å². The third kappa shape index (κ3) is 3.66. The second-order valence-corrected chi connectivity index (χ2v) is 7.74. The minimum Gasteiger partial charge on any atom is -0.479 e. The van der Waals surface area contributed by atoms with Gasteiger partial charge in [0, 0.05) is 32.1 Å². The summed E-state index contributed by atoms with van der Waals surface area (Å²) in [5.41, 5.74) is -3.99. The number of pyridine rings is 1. The lowest BCUT2D eigenvalue weighted by Crippen LogP contribution is -2.46. The fourth-order valence-corrected chi connectivity index (χ4v) is 3.93. The number of fused-ring (bicyclic) bond motifs is 1. The molecule has 1 fully saturated rings. The van der Waals surface area contributed by atoms with Crippen LogP contribution in [0.2, 0.25) is 5.02 Å². The van der Waals surface area contributed by atoms with Crippen LogP contribution in [0.15, 0.2) is 36.5 Å². The third-order valence-corrected chi connectivity index (χ3v) is 5.70. The zero-order valence-electron chi connectivity index (χ0n) is 16.2. The van der Waals surface area contributed by atoms with E-state index in [1.54, 1.807) is 4.90 Å². The second kappa shape index (κ2) is 7.73. The van der Waals surface area contributed by atoms with Gasteiger partial charge in [0.05, 0.1) is 21.7 Å². The molecule has 32 heavy (non-hydrogen) atoms. The molecule has 0 unspecified atom stereocenters. The van der Waals surface area contributed by atoms with Crippen LogP contribution in [0.25, 0.3) is 11.0 Å². The summed E-state index contributed by atoms with van der Waals surface area (Å²) in [5, 5.41) is 12.9. The number of halogens is 5. The summed E-state index contributed by atoms with van der Waals surface area (Å²) in [6, 6.07) is 5.96. The lowest BCUT2D eigenvalue weighted by molar-refractivity contribution is -0.152. The van der Waals surface area contributed by atoms with Gasteiger partial charge in [-0.15, -0.1) is 5.10 Å². The highest BCUT2D eigenvalue weighted by Gasteiger charge is 2.43. The van der Waals surface area contributed by atoms with Crippen LogP contribution < -0.4 is 4.90 Å². The van der Waals surface area contributed by atoms with Crippen LogP contribution in [-0.4, -0.2) is 50.5 Å². The van der Waals surface area contributed by atoms with Gasteiger partial charge in [0.1, 0.15) is 5.52 Å². The molecule has 1 aromatic carbocycles. The number of hydrogen-bond donors (Lipinski definition) is 1. The standard InChI is InChI=1S/C20H15ClF4N4O3/c21-12-4-1-3-11(20(23,24)25)14(12)17(30)29-13-5-2-8-26-15(13)16(27-29)28-9-6-19(22,7-10-28)18(31)32/h1-5,8H,6-7,9-10H2,(H,31,32). The molecule has 0 saturated carbocycles. The summed E-state index contributed by atoms with van der Waals surface area (Å²) in [5.74, 6) is -2.52. The number of alkyl halides is 4. The number of nitrogens with zero attached hydrogens (tertiary/aromatic N) is 4. The maximum absolute atomic E-state index is 14.4. The van der Waals surface area contributed by atoms with E-state index in [0.717, 1.165) is 16.8 Å². The minimum absolute atomic E-state index is 0.0282. The second-order valence-electron chi connectivity index (χ2n) is 7.33. The van der Waals surface area contributed by atoms with Gasteiger partial charge in [-0.25, -0.2) is 9.18 Å². The number of rotatable bonds is 3. The highest BCUT2D eigenvalue weighted by Crippen LogP contribution is 2.37. The fourth-order valence-electron chi connectivity index (χ4n) is 3.67. The third-order valence-electron chi connectivity index (χ3n) is 5.39. The number of anilines is 1. The van der Waals surface area contributed by atoms with Gasteiger partial charge in [-0.1, -0.05) is 17.7 Å². The first-order valence-corrected chi connectivity index (χ1v) is 9.82. The smallest absolute Gasteiger partial charge is 0.417 e. The van der Waals surface area contributed by atoms with Crippen LogP contribution in [-0.2, 0) is 11.0 Å². The van der Waals surface area contributed by atoms with Crippen molar-refractivity contribution in [3.05, 3.63) is 52.7 Å². The highest BCUT2D eigenvalue weighted by atomic mass is 35.5. The van der Waals surface area contributed by atoms with Gasteiger partial charge in [-0.2, -0.15) is 17.9 Å². The average molecular weight is 471 g/mol. The number of carboxylic acids is 1. The average Bonchev–Trinajstić information content (AvgIpc) is 3.13. The Hall–Kier alpha value is -3.21. The molecule has 2 aromatic heterocycles. The lowest BCUT2D eigenvalue weighted by Gasteiger charge is -2.33. The Morgan fingerprint density at radius 1 is 1.12 bits per heavy atom. The van der Waals surface area contributed by atoms with E-state index in [1.165, 1.54) is 24.4 Å². The predicted molar refractivity (Wildman–Crippen MR) is 107 cm³/mol. The Bertz CT molecular complexity index is 1220. The van der Waals surface area contributed by atoms with Crippen LogP contribution in [0.1, 0.15) is 28.8 Å². The number of aromatic nitrogens is 3. The van der Waals surface area contributed by atoms with Gasteiger partial charge < -0.3 is 10.0 Å². The first-order valence-electron chi connectivity index (χ1n) is 9.44. The molecule has 0 bridgehead atoms. The number of aliphatic carboxylic acids is 1. The number of benzene rings is 1. The SMILES string of the molecule is O=C(c1c(Cl)cccc1C(F)(F)F)n1nc(N2CCC(F)(C(=O)O)CC2)c2ncccc21. The largest absolute Gasteiger partial charge is 0.479 e. The zero-order valence-corrected chi connectivity index (χ0v) is 17.0. The van der Waals surface area contributed by atoms with Gasteiger partial charge in [0.25, 0.3) is 5.91 Å². The van der Waals surface area contributed by atoms with E-state index in [1.807, 2.05) is 0 Å². The minimum atomic E-state index is -4.83. The van der Waals surface area contributed by atoms with Crippen LogP contribution in [0.4, 0.5) is 23.4 Å². The van der Waals surface area contributed by atoms with Crippen LogP contribution >= 0.6 is 11.6 Å². The molecule has 0 atom stereocenters. The molecule has 0 aliphatic carbocycles. The molecule has 1 N–H and O–H groups in total. The summed E-state index contributed by atoms with van der Waals surface area (Å²) < 4.78 is 55.7. The summed E-state index contributed by atoms with van der Waals surface area (Å²) >= 11 is 5.96. The van der Waals surface area contributed by atoms with E-state index in [4.69, 9.17) is 16.7 Å². The molecule has 168 valence electrons. The molecule has 3 heterocycles. The fraction of sp³-hybridized carbons (Fsp3) is 0.300. The Labute approximate surface area is 183 Å². The molecule has 1 saturated heterocycles. The summed E-state index contributed by atoms with van der Waals surface area (Å²) in [6.07, 6.45) is -4.05. The van der Waals surface area contributed by atoms with E-state index in [9.17, 15) is 27.2 Å². The van der Waals surface area contributed by atoms with E-state index in [0.29, 0.717) is 0 Å².